The van der Waals surface area contributed by atoms with Gasteiger partial charge in [0.1, 0.15) is 0 Å². The van der Waals surface area contributed by atoms with Gasteiger partial charge in [0.25, 0.3) is 0 Å². The normalized spacial score (nSPS) is 9.77. The zero-order valence-corrected chi connectivity index (χ0v) is 20.5. The fourth-order valence-corrected chi connectivity index (χ4v) is 3.22. The number of hydrogen-bond acceptors (Lipinski definition) is 4. The van der Waals surface area contributed by atoms with Gasteiger partial charge in [-0.1, -0.05) is 115 Å². The first kappa shape index (κ1) is 31.7. The van der Waals surface area contributed by atoms with Gasteiger partial charge in [-0.05, 0) is 25.0 Å². The van der Waals surface area contributed by atoms with Crippen LogP contribution < -0.4 is 5.11 Å². The predicted molar refractivity (Wildman–Crippen MR) is 124 cm³/mol. The van der Waals surface area contributed by atoms with E-state index >= 15 is 0 Å². The zero-order valence-electron chi connectivity index (χ0n) is 19.4. The minimum absolute atomic E-state index is 0.234. The van der Waals surface area contributed by atoms with E-state index in [1.54, 1.807) is 30.3 Å². The Balaban J connectivity index is 0. The third kappa shape index (κ3) is 26.5. The van der Waals surface area contributed by atoms with Crippen LogP contribution in [-0.2, 0) is 8.60 Å². The summed E-state index contributed by atoms with van der Waals surface area (Å²) < 4.78 is 8.17. The van der Waals surface area contributed by atoms with Crippen molar-refractivity contribution in [2.45, 2.75) is 110 Å². The zero-order chi connectivity index (χ0) is 23.6. The van der Waals surface area contributed by atoms with Crippen LogP contribution in [0.1, 0.15) is 120 Å². The van der Waals surface area contributed by atoms with Crippen molar-refractivity contribution >= 4 is 28.2 Å². The molecule has 0 fully saturated rings. The molecular weight excluding hydrogens is 407 g/mol. The maximum atomic E-state index is 10.2. The van der Waals surface area contributed by atoms with Crippen molar-refractivity contribution in [2.24, 2.45) is 0 Å². The van der Waals surface area contributed by atoms with E-state index in [9.17, 15) is 14.7 Å². The van der Waals surface area contributed by atoms with Crippen molar-refractivity contribution in [2.75, 3.05) is 0 Å². The fraction of sp³-hybridized carbons (Fsp3) is 0.680. The third-order valence-electron chi connectivity index (χ3n) is 5.01. The average Bonchev–Trinajstić information content (AvgIpc) is 2.78. The van der Waals surface area contributed by atoms with Crippen LogP contribution in [0.2, 0.25) is 0 Å². The van der Waals surface area contributed by atoms with Crippen LogP contribution >= 0.6 is 0 Å². The van der Waals surface area contributed by atoms with Crippen molar-refractivity contribution in [3.8, 4) is 0 Å². The summed E-state index contributed by atoms with van der Waals surface area (Å²) in [6, 6.07) is 8.30. The van der Waals surface area contributed by atoms with Crippen molar-refractivity contribution in [3.05, 3.63) is 35.9 Å². The van der Waals surface area contributed by atoms with Gasteiger partial charge in [0, 0.05) is 5.97 Å². The summed E-state index contributed by atoms with van der Waals surface area (Å²) >= 11 is 1.17. The molecule has 0 heterocycles. The molecule has 0 amide bonds. The Hall–Kier alpha value is -1.51. The van der Waals surface area contributed by atoms with E-state index in [0.717, 1.165) is 12.8 Å². The van der Waals surface area contributed by atoms with Crippen molar-refractivity contribution < 1.29 is 23.6 Å². The van der Waals surface area contributed by atoms with E-state index in [0.29, 0.717) is 5.56 Å². The SMILES string of the molecule is CCCCCCCCCCCCCCCCCC(=O)[O-].O=C(O)c1ccccc1.[O]=[Al+]. The van der Waals surface area contributed by atoms with E-state index in [1.807, 2.05) is 0 Å². The molecule has 0 unspecified atom stereocenters. The van der Waals surface area contributed by atoms with E-state index in [-0.39, 0.29) is 6.42 Å². The van der Waals surface area contributed by atoms with Gasteiger partial charge in [-0.2, -0.15) is 0 Å². The molecule has 1 N–H and O–H groups in total. The number of rotatable bonds is 17. The van der Waals surface area contributed by atoms with Crippen molar-refractivity contribution in [3.63, 3.8) is 0 Å². The number of carboxylic acids is 2. The number of aromatic carboxylic acids is 1. The third-order valence-corrected chi connectivity index (χ3v) is 5.01. The Morgan fingerprint density at radius 1 is 0.710 bits per heavy atom. The standard InChI is InChI=1S/C18H36O2.C7H6O2.Al.O/c1-2-3-4-5-6-7-8-9-10-11-12-13-14-15-16-17-18(19)20;8-7(9)6-4-2-1-3-5-6;;/h2-17H2,1H3,(H,19,20);1-5H,(H,8,9);;/q;;+1;/p-1. The summed E-state index contributed by atoms with van der Waals surface area (Å²) in [5.41, 5.74) is 0.331. The molecule has 6 heteroatoms. The Bertz CT molecular complexity index is 522. The average molecular weight is 449 g/mol. The molecule has 0 bridgehead atoms. The molecule has 0 saturated carbocycles. The minimum atomic E-state index is -0.903. The molecule has 0 aliphatic carbocycles. The molecule has 1 rings (SSSR count). The Morgan fingerprint density at radius 3 is 1.35 bits per heavy atom. The first-order valence-electron chi connectivity index (χ1n) is 11.8. The predicted octanol–water partition coefficient (Wildman–Crippen LogP) is 5.88. The summed E-state index contributed by atoms with van der Waals surface area (Å²) in [7, 11) is 0. The van der Waals surface area contributed by atoms with Gasteiger partial charge in [-0.15, -0.1) is 0 Å². The maximum absolute atomic E-state index is 10.2. The first-order valence-corrected chi connectivity index (χ1v) is 12.3. The number of hydrogen-bond donors (Lipinski definition) is 1. The second kappa shape index (κ2) is 26.5. The van der Waals surface area contributed by atoms with Crippen LogP contribution in [0.15, 0.2) is 30.3 Å². The Kier molecular flexibility index (Phi) is 27.1. The van der Waals surface area contributed by atoms with Crippen molar-refractivity contribution in [1.82, 2.24) is 0 Å². The molecule has 5 nitrogen and oxygen atoms in total. The van der Waals surface area contributed by atoms with E-state index in [2.05, 4.69) is 6.92 Å². The Morgan fingerprint density at radius 2 is 1.06 bits per heavy atom. The number of unbranched alkanes of at least 4 members (excludes halogenated alkanes) is 14. The number of carboxylic acid groups (broad SMARTS) is 2. The van der Waals surface area contributed by atoms with Gasteiger partial charge in [-0.25, -0.2) is 4.79 Å². The molecule has 174 valence electrons. The Labute approximate surface area is 197 Å². The molecule has 0 spiro atoms. The van der Waals surface area contributed by atoms with Crippen molar-refractivity contribution in [1.29, 1.82) is 0 Å². The first-order chi connectivity index (χ1) is 15.1. The van der Waals surface area contributed by atoms with Crippen LogP contribution in [0, 0.1) is 0 Å². The van der Waals surface area contributed by atoms with Crippen LogP contribution in [0.3, 0.4) is 0 Å². The molecular formula is C25H41AlO5. The van der Waals surface area contributed by atoms with Gasteiger partial charge in [-0.3, -0.25) is 0 Å². The van der Waals surface area contributed by atoms with E-state index in [4.69, 9.17) is 8.91 Å². The second-order valence-corrected chi connectivity index (χ2v) is 7.74. The molecule has 31 heavy (non-hydrogen) atoms. The number of carbonyl (C=O) groups excluding carboxylic acids is 1. The summed E-state index contributed by atoms with van der Waals surface area (Å²) in [6.45, 7) is 2.27. The quantitative estimate of drug-likeness (QED) is 0.237. The van der Waals surface area contributed by atoms with Crippen LogP contribution in [0.5, 0.6) is 0 Å². The van der Waals surface area contributed by atoms with Gasteiger partial charge in [0.05, 0.1) is 5.56 Å². The summed E-state index contributed by atoms with van der Waals surface area (Å²) in [6.07, 6.45) is 19.9. The molecule has 0 aliphatic rings. The summed E-state index contributed by atoms with van der Waals surface area (Å²) in [4.78, 5) is 20.4. The second-order valence-electron chi connectivity index (χ2n) is 7.74. The van der Waals surface area contributed by atoms with Crippen LogP contribution in [-0.4, -0.2) is 33.3 Å². The number of benzene rings is 1. The molecule has 0 aliphatic heterocycles. The van der Waals surface area contributed by atoms with Gasteiger partial charge < -0.3 is 15.0 Å². The molecule has 1 aromatic rings. The van der Waals surface area contributed by atoms with Gasteiger partial charge in [0.15, 0.2) is 0 Å². The number of aliphatic carboxylic acids is 1. The topological polar surface area (TPSA) is 94.5 Å². The molecule has 0 atom stereocenters. The van der Waals surface area contributed by atoms with Crippen LogP contribution in [0.4, 0.5) is 0 Å². The van der Waals surface area contributed by atoms with E-state index in [1.165, 1.54) is 99.7 Å². The molecule has 0 saturated heterocycles. The molecule has 0 aromatic heterocycles. The molecule has 1 aromatic carbocycles. The van der Waals surface area contributed by atoms with Crippen LogP contribution in [0.25, 0.3) is 0 Å². The summed E-state index contributed by atoms with van der Waals surface area (Å²) in [5, 5.41) is 18.6. The number of carbonyl (C=O) groups is 2. The fourth-order valence-electron chi connectivity index (χ4n) is 3.22. The van der Waals surface area contributed by atoms with E-state index < -0.39 is 11.9 Å². The monoisotopic (exact) mass is 448 g/mol. The molecule has 0 radical (unpaired) electrons. The van der Waals surface area contributed by atoms with Gasteiger partial charge in [0.2, 0.25) is 0 Å². The summed E-state index contributed by atoms with van der Waals surface area (Å²) in [5.74, 6) is -1.78. The van der Waals surface area contributed by atoms with Gasteiger partial charge >= 0.3 is 26.0 Å².